The van der Waals surface area contributed by atoms with Crippen LogP contribution < -0.4 is 10.6 Å². The van der Waals surface area contributed by atoms with E-state index in [-0.39, 0.29) is 0 Å². The van der Waals surface area contributed by atoms with E-state index in [1.54, 1.807) is 0 Å². The first-order chi connectivity index (χ1) is 7.63. The van der Waals surface area contributed by atoms with Gasteiger partial charge >= 0.3 is 0 Å². The Kier molecular flexibility index (Phi) is 5.25. The molecule has 0 amide bonds. The fourth-order valence-corrected chi connectivity index (χ4v) is 1.61. The van der Waals surface area contributed by atoms with Crippen LogP contribution in [0.3, 0.4) is 0 Å². The highest BCUT2D eigenvalue weighted by Gasteiger charge is 2.03. The van der Waals surface area contributed by atoms with Crippen molar-refractivity contribution in [1.82, 2.24) is 20.4 Å². The van der Waals surface area contributed by atoms with Gasteiger partial charge in [0.05, 0.1) is 5.69 Å². The van der Waals surface area contributed by atoms with Crippen molar-refractivity contribution in [2.24, 2.45) is 7.05 Å². The SMILES string of the molecule is CCCCNC(=S)NCc1cn(C)nc1C. The quantitative estimate of drug-likeness (QED) is 0.604. The third-order valence-electron chi connectivity index (χ3n) is 2.37. The van der Waals surface area contributed by atoms with E-state index in [1.807, 2.05) is 24.9 Å². The third-order valence-corrected chi connectivity index (χ3v) is 2.66. The maximum Gasteiger partial charge on any atom is 0.166 e. The molecule has 0 aliphatic heterocycles. The molecule has 0 aliphatic carbocycles. The Hall–Kier alpha value is -1.10. The minimum atomic E-state index is 0.719. The molecular weight excluding hydrogens is 220 g/mol. The summed E-state index contributed by atoms with van der Waals surface area (Å²) in [4.78, 5) is 0. The van der Waals surface area contributed by atoms with Crippen molar-refractivity contribution in [2.45, 2.75) is 33.2 Å². The molecule has 90 valence electrons. The van der Waals surface area contributed by atoms with Crippen molar-refractivity contribution in [2.75, 3.05) is 6.54 Å². The van der Waals surface area contributed by atoms with Gasteiger partial charge in [-0.25, -0.2) is 0 Å². The molecule has 0 atom stereocenters. The van der Waals surface area contributed by atoms with Gasteiger partial charge < -0.3 is 10.6 Å². The zero-order chi connectivity index (χ0) is 12.0. The molecule has 0 aliphatic rings. The van der Waals surface area contributed by atoms with Crippen molar-refractivity contribution in [3.05, 3.63) is 17.5 Å². The second-order valence-electron chi connectivity index (χ2n) is 3.88. The summed E-state index contributed by atoms with van der Waals surface area (Å²) < 4.78 is 1.82. The molecule has 0 spiro atoms. The summed E-state index contributed by atoms with van der Waals surface area (Å²) in [7, 11) is 1.92. The number of nitrogens with one attached hydrogen (secondary N) is 2. The van der Waals surface area contributed by atoms with Crippen LogP contribution in [0.1, 0.15) is 31.0 Å². The first kappa shape index (κ1) is 13.0. The topological polar surface area (TPSA) is 41.9 Å². The van der Waals surface area contributed by atoms with E-state index < -0.39 is 0 Å². The highest BCUT2D eigenvalue weighted by molar-refractivity contribution is 7.80. The Morgan fingerprint density at radius 3 is 2.81 bits per heavy atom. The van der Waals surface area contributed by atoms with E-state index in [9.17, 15) is 0 Å². The average molecular weight is 240 g/mol. The van der Waals surface area contributed by atoms with Crippen LogP contribution in [0.15, 0.2) is 6.20 Å². The van der Waals surface area contributed by atoms with E-state index in [0.717, 1.165) is 30.3 Å². The molecule has 0 saturated carbocycles. The predicted molar refractivity (Wildman–Crippen MR) is 70.3 cm³/mol. The Morgan fingerprint density at radius 1 is 1.50 bits per heavy atom. The Morgan fingerprint density at radius 2 is 2.25 bits per heavy atom. The highest BCUT2D eigenvalue weighted by atomic mass is 32.1. The van der Waals surface area contributed by atoms with Gasteiger partial charge in [-0.2, -0.15) is 5.10 Å². The predicted octanol–water partition coefficient (Wildman–Crippen LogP) is 1.49. The maximum absolute atomic E-state index is 5.17. The van der Waals surface area contributed by atoms with Gasteiger partial charge in [0.25, 0.3) is 0 Å². The zero-order valence-corrected chi connectivity index (χ0v) is 11.0. The van der Waals surface area contributed by atoms with Crippen molar-refractivity contribution >= 4 is 17.3 Å². The molecule has 0 fully saturated rings. The Balaban J connectivity index is 2.29. The number of nitrogens with zero attached hydrogens (tertiary/aromatic N) is 2. The lowest BCUT2D eigenvalue weighted by molar-refractivity contribution is 0.738. The van der Waals surface area contributed by atoms with Gasteiger partial charge in [0.1, 0.15) is 0 Å². The van der Waals surface area contributed by atoms with E-state index >= 15 is 0 Å². The molecule has 0 saturated heterocycles. The number of hydrogen-bond acceptors (Lipinski definition) is 2. The van der Waals surface area contributed by atoms with Crippen LogP contribution in [0, 0.1) is 6.92 Å². The number of aromatic nitrogens is 2. The molecular formula is C11H20N4S. The van der Waals surface area contributed by atoms with Crippen LogP contribution in [0.2, 0.25) is 0 Å². The number of unbranched alkanes of at least 4 members (excludes halogenated alkanes) is 1. The van der Waals surface area contributed by atoms with Crippen LogP contribution in [0.25, 0.3) is 0 Å². The fraction of sp³-hybridized carbons (Fsp3) is 0.636. The molecule has 2 N–H and O–H groups in total. The normalized spacial score (nSPS) is 10.2. The van der Waals surface area contributed by atoms with Crippen molar-refractivity contribution in [3.8, 4) is 0 Å². The lowest BCUT2D eigenvalue weighted by Crippen LogP contribution is -2.35. The summed E-state index contributed by atoms with van der Waals surface area (Å²) in [6, 6.07) is 0. The Labute approximate surface area is 102 Å². The summed E-state index contributed by atoms with van der Waals surface area (Å²) in [5.41, 5.74) is 2.23. The van der Waals surface area contributed by atoms with Gasteiger partial charge in [-0.15, -0.1) is 0 Å². The van der Waals surface area contributed by atoms with Gasteiger partial charge in [-0.3, -0.25) is 4.68 Å². The standard InChI is InChI=1S/C11H20N4S/c1-4-5-6-12-11(16)13-7-10-8-15(3)14-9(10)2/h8H,4-7H2,1-3H3,(H2,12,13,16). The van der Waals surface area contributed by atoms with Crippen molar-refractivity contribution < 1.29 is 0 Å². The molecule has 1 aromatic heterocycles. The molecule has 0 unspecified atom stereocenters. The molecule has 1 heterocycles. The first-order valence-electron chi connectivity index (χ1n) is 5.64. The maximum atomic E-state index is 5.17. The number of aryl methyl sites for hydroxylation is 2. The van der Waals surface area contributed by atoms with Crippen LogP contribution in [0.5, 0.6) is 0 Å². The van der Waals surface area contributed by atoms with Crippen molar-refractivity contribution in [3.63, 3.8) is 0 Å². The second kappa shape index (κ2) is 6.48. The largest absolute Gasteiger partial charge is 0.363 e. The first-order valence-corrected chi connectivity index (χ1v) is 6.05. The molecule has 0 aromatic carbocycles. The molecule has 16 heavy (non-hydrogen) atoms. The van der Waals surface area contributed by atoms with Gasteiger partial charge in [0.2, 0.25) is 0 Å². The third kappa shape index (κ3) is 4.18. The lowest BCUT2D eigenvalue weighted by Gasteiger charge is -2.09. The summed E-state index contributed by atoms with van der Waals surface area (Å²) in [6.07, 6.45) is 4.34. The van der Waals surface area contributed by atoms with Crippen LogP contribution in [0.4, 0.5) is 0 Å². The second-order valence-corrected chi connectivity index (χ2v) is 4.28. The smallest absolute Gasteiger partial charge is 0.166 e. The number of thiocarbonyl (C=S) groups is 1. The lowest BCUT2D eigenvalue weighted by atomic mass is 10.3. The molecule has 5 heteroatoms. The number of rotatable bonds is 5. The van der Waals surface area contributed by atoms with Gasteiger partial charge in [-0.1, -0.05) is 13.3 Å². The number of hydrogen-bond donors (Lipinski definition) is 2. The molecule has 1 aromatic rings. The van der Waals surface area contributed by atoms with Crippen LogP contribution >= 0.6 is 12.2 Å². The van der Waals surface area contributed by atoms with Gasteiger partial charge in [-0.05, 0) is 25.6 Å². The highest BCUT2D eigenvalue weighted by Crippen LogP contribution is 2.03. The van der Waals surface area contributed by atoms with Crippen LogP contribution in [-0.2, 0) is 13.6 Å². The summed E-state index contributed by atoms with van der Waals surface area (Å²) in [5, 5.41) is 11.3. The molecule has 0 bridgehead atoms. The van der Waals surface area contributed by atoms with E-state index in [0.29, 0.717) is 0 Å². The van der Waals surface area contributed by atoms with Crippen LogP contribution in [-0.4, -0.2) is 21.4 Å². The minimum Gasteiger partial charge on any atom is -0.363 e. The summed E-state index contributed by atoms with van der Waals surface area (Å²) in [6.45, 7) is 5.84. The molecule has 0 radical (unpaired) electrons. The average Bonchev–Trinajstić information content (AvgIpc) is 2.55. The minimum absolute atomic E-state index is 0.719. The molecule has 1 rings (SSSR count). The monoisotopic (exact) mass is 240 g/mol. The Bertz CT molecular complexity index is 346. The zero-order valence-electron chi connectivity index (χ0n) is 10.2. The van der Waals surface area contributed by atoms with Crippen molar-refractivity contribution in [1.29, 1.82) is 0 Å². The van der Waals surface area contributed by atoms with Gasteiger partial charge in [0.15, 0.2) is 5.11 Å². The van der Waals surface area contributed by atoms with E-state index in [4.69, 9.17) is 12.2 Å². The van der Waals surface area contributed by atoms with E-state index in [1.165, 1.54) is 12.0 Å². The molecule has 4 nitrogen and oxygen atoms in total. The van der Waals surface area contributed by atoms with Gasteiger partial charge in [0, 0.05) is 31.9 Å². The summed E-state index contributed by atoms with van der Waals surface area (Å²) in [5.74, 6) is 0. The van der Waals surface area contributed by atoms with E-state index in [2.05, 4.69) is 22.7 Å². The fourth-order valence-electron chi connectivity index (χ4n) is 1.44. The summed E-state index contributed by atoms with van der Waals surface area (Å²) >= 11 is 5.17.